The molecule has 8 heteroatoms. The molecule has 0 spiro atoms. The lowest BCUT2D eigenvalue weighted by atomic mass is 10.1. The van der Waals surface area contributed by atoms with Gasteiger partial charge in [0.2, 0.25) is 0 Å². The largest absolute Gasteiger partial charge is 0.481 e. The van der Waals surface area contributed by atoms with Gasteiger partial charge in [-0.3, -0.25) is 0 Å². The minimum Gasteiger partial charge on any atom is -0.481 e. The number of esters is 1. The van der Waals surface area contributed by atoms with E-state index in [0.29, 0.717) is 11.3 Å². The van der Waals surface area contributed by atoms with Gasteiger partial charge in [-0.1, -0.05) is 24.0 Å². The van der Waals surface area contributed by atoms with E-state index in [1.54, 1.807) is 13.8 Å². The molecule has 196 valence electrons. The monoisotopic (exact) mass is 555 g/mol. The first kappa shape index (κ1) is 27.6. The number of hydrogen-bond acceptors (Lipinski definition) is 4. The van der Waals surface area contributed by atoms with Crippen LogP contribution in [0.15, 0.2) is 77.0 Å². The van der Waals surface area contributed by atoms with Gasteiger partial charge < -0.3 is 9.47 Å². The van der Waals surface area contributed by atoms with E-state index in [-0.39, 0.29) is 33.7 Å². The number of alkyl halides is 3. The minimum absolute atomic E-state index is 0.0782. The van der Waals surface area contributed by atoms with Crippen LogP contribution in [0.4, 0.5) is 13.2 Å². The van der Waals surface area contributed by atoms with Crippen molar-refractivity contribution in [2.75, 3.05) is 6.61 Å². The lowest BCUT2D eigenvalue weighted by Crippen LogP contribution is -2.29. The van der Waals surface area contributed by atoms with E-state index in [9.17, 15) is 18.0 Å². The smallest absolute Gasteiger partial charge is 0.446 e. The van der Waals surface area contributed by atoms with Crippen molar-refractivity contribution in [3.63, 3.8) is 0 Å². The topological polar surface area (TPSA) is 35.5 Å². The Balaban J connectivity index is 1.38. The SMILES string of the molecule is Cc1cc(-[s+]2ccc3ccccc32)cc(C)c1OCC(=O)OC(C)(C)C#Cc1ccc(SC(F)(F)F)cc1. The van der Waals surface area contributed by atoms with E-state index in [1.165, 1.54) is 39.2 Å². The maximum atomic E-state index is 12.5. The van der Waals surface area contributed by atoms with Gasteiger partial charge in [0.1, 0.15) is 11.1 Å². The van der Waals surface area contributed by atoms with Crippen LogP contribution >= 0.6 is 22.2 Å². The normalized spacial score (nSPS) is 12.1. The molecule has 38 heavy (non-hydrogen) atoms. The second-order valence-corrected chi connectivity index (χ2v) is 12.2. The number of aryl methyl sites for hydroxylation is 2. The van der Waals surface area contributed by atoms with Crippen molar-refractivity contribution >= 4 is 38.3 Å². The Labute approximate surface area is 226 Å². The highest BCUT2D eigenvalue weighted by molar-refractivity contribution is 8.00. The predicted molar refractivity (Wildman–Crippen MR) is 148 cm³/mol. The third-order valence-corrected chi connectivity index (χ3v) is 8.26. The van der Waals surface area contributed by atoms with Crippen molar-refractivity contribution in [2.24, 2.45) is 0 Å². The molecule has 0 amide bonds. The first-order valence-corrected chi connectivity index (χ1v) is 13.9. The second-order valence-electron chi connectivity index (χ2n) is 9.16. The molecule has 4 rings (SSSR count). The molecule has 0 saturated carbocycles. The van der Waals surface area contributed by atoms with Crippen molar-refractivity contribution in [2.45, 2.75) is 43.7 Å². The third kappa shape index (κ3) is 7.12. The number of benzene rings is 3. The zero-order valence-corrected chi connectivity index (χ0v) is 22.9. The molecule has 1 unspecified atom stereocenters. The summed E-state index contributed by atoms with van der Waals surface area (Å²) >= 11 is -0.183. The Hall–Kier alpha value is -3.41. The van der Waals surface area contributed by atoms with E-state index in [0.717, 1.165) is 11.1 Å². The number of thioether (sulfide) groups is 1. The van der Waals surface area contributed by atoms with Gasteiger partial charge in [-0.15, -0.1) is 0 Å². The lowest BCUT2D eigenvalue weighted by molar-refractivity contribution is -0.154. The van der Waals surface area contributed by atoms with Crippen LogP contribution in [0.25, 0.3) is 15.0 Å². The van der Waals surface area contributed by atoms with Gasteiger partial charge in [-0.2, -0.15) is 13.2 Å². The standard InChI is InChI=1S/C30H26F3O3S2/c1-20-17-25(38-16-14-23-7-5-6-8-26(23)38)18-21(2)28(20)35-19-27(34)36-29(3,4)15-13-22-9-11-24(12-10-22)37-30(31,32)33/h5-12,14,16-18H,19H2,1-4H3/q+1. The number of halogens is 3. The fourth-order valence-electron chi connectivity index (χ4n) is 3.94. The zero-order chi connectivity index (χ0) is 27.5. The third-order valence-electron chi connectivity index (χ3n) is 5.53. The highest BCUT2D eigenvalue weighted by atomic mass is 32.2. The van der Waals surface area contributed by atoms with Gasteiger partial charge in [0, 0.05) is 44.5 Å². The van der Waals surface area contributed by atoms with Crippen molar-refractivity contribution in [1.29, 1.82) is 0 Å². The number of hydrogen-bond donors (Lipinski definition) is 0. The molecule has 1 heterocycles. The number of fused-ring (bicyclic) bond motifs is 1. The van der Waals surface area contributed by atoms with Crippen LogP contribution in [0.1, 0.15) is 30.5 Å². The Bertz CT molecular complexity index is 1500. The van der Waals surface area contributed by atoms with Crippen molar-refractivity contribution in [3.05, 3.63) is 88.8 Å². The Morgan fingerprint density at radius 1 is 0.974 bits per heavy atom. The number of thiophene rings is 1. The van der Waals surface area contributed by atoms with Crippen LogP contribution in [-0.4, -0.2) is 23.7 Å². The van der Waals surface area contributed by atoms with Gasteiger partial charge in [-0.25, -0.2) is 4.79 Å². The fourth-order valence-corrected chi connectivity index (χ4v) is 6.54. The number of rotatable bonds is 6. The summed E-state index contributed by atoms with van der Waals surface area (Å²) in [5, 5.41) is 3.45. The first-order chi connectivity index (χ1) is 17.9. The molecule has 0 aliphatic carbocycles. The second kappa shape index (κ2) is 11.1. The summed E-state index contributed by atoms with van der Waals surface area (Å²) in [5.41, 5.74) is -3.07. The molecule has 0 bridgehead atoms. The van der Waals surface area contributed by atoms with Crippen LogP contribution in [-0.2, 0) is 9.53 Å². The molecule has 1 atom stereocenters. The van der Waals surface area contributed by atoms with Crippen LogP contribution in [0.3, 0.4) is 0 Å². The average molecular weight is 556 g/mol. The first-order valence-electron chi connectivity index (χ1n) is 11.8. The number of carbonyl (C=O) groups excluding carboxylic acids is 1. The summed E-state index contributed by atoms with van der Waals surface area (Å²) in [6.45, 7) is 6.93. The van der Waals surface area contributed by atoms with Crippen molar-refractivity contribution in [1.82, 2.24) is 0 Å². The van der Waals surface area contributed by atoms with Gasteiger partial charge in [0.15, 0.2) is 21.8 Å². The molecule has 0 aliphatic rings. The lowest BCUT2D eigenvalue weighted by Gasteiger charge is -2.19. The van der Waals surface area contributed by atoms with Gasteiger partial charge in [0.25, 0.3) is 0 Å². The summed E-state index contributed by atoms with van der Waals surface area (Å²) in [6, 6.07) is 20.4. The van der Waals surface area contributed by atoms with Crippen molar-refractivity contribution in [3.8, 4) is 22.5 Å². The fraction of sp³-hybridized carbons (Fsp3) is 0.233. The molecule has 0 fully saturated rings. The molecular weight excluding hydrogens is 529 g/mol. The Morgan fingerprint density at radius 3 is 2.29 bits per heavy atom. The highest BCUT2D eigenvalue weighted by Crippen LogP contribution is 2.42. The van der Waals surface area contributed by atoms with Crippen LogP contribution in [0.5, 0.6) is 5.75 Å². The van der Waals surface area contributed by atoms with Crippen LogP contribution in [0, 0.1) is 25.7 Å². The van der Waals surface area contributed by atoms with Crippen LogP contribution < -0.4 is 4.74 Å². The Morgan fingerprint density at radius 2 is 1.63 bits per heavy atom. The zero-order valence-electron chi connectivity index (χ0n) is 21.3. The average Bonchev–Trinajstić information content (AvgIpc) is 3.26. The summed E-state index contributed by atoms with van der Waals surface area (Å²) in [7, 11) is -0.139. The summed E-state index contributed by atoms with van der Waals surface area (Å²) in [6.07, 6.45) is 0. The Kier molecular flexibility index (Phi) is 8.10. The summed E-state index contributed by atoms with van der Waals surface area (Å²) in [5.74, 6) is 5.78. The summed E-state index contributed by atoms with van der Waals surface area (Å²) < 4.78 is 50.1. The number of ether oxygens (including phenoxy) is 2. The maximum Gasteiger partial charge on any atom is 0.446 e. The minimum atomic E-state index is -4.34. The van der Waals surface area contributed by atoms with E-state index in [4.69, 9.17) is 9.47 Å². The van der Waals surface area contributed by atoms with E-state index >= 15 is 0 Å². The quantitative estimate of drug-likeness (QED) is 0.103. The van der Waals surface area contributed by atoms with Gasteiger partial charge in [-0.05, 0) is 87.0 Å². The van der Waals surface area contributed by atoms with Gasteiger partial charge >= 0.3 is 11.5 Å². The van der Waals surface area contributed by atoms with Crippen molar-refractivity contribution < 1.29 is 27.4 Å². The van der Waals surface area contributed by atoms with E-state index < -0.39 is 17.1 Å². The highest BCUT2D eigenvalue weighted by Gasteiger charge is 2.29. The molecular formula is C30H26F3O3S2+. The molecule has 0 N–H and O–H groups in total. The maximum absolute atomic E-state index is 12.5. The van der Waals surface area contributed by atoms with Gasteiger partial charge in [0.05, 0.1) is 0 Å². The van der Waals surface area contributed by atoms with E-state index in [1.807, 2.05) is 26.0 Å². The molecule has 3 nitrogen and oxygen atoms in total. The van der Waals surface area contributed by atoms with E-state index in [2.05, 4.69) is 47.6 Å². The predicted octanol–water partition coefficient (Wildman–Crippen LogP) is 8.56. The van der Waals surface area contributed by atoms with Crippen LogP contribution in [0.2, 0.25) is 0 Å². The molecule has 3 aromatic carbocycles. The molecule has 0 saturated heterocycles. The number of carbonyl (C=O) groups is 1. The summed E-state index contributed by atoms with van der Waals surface area (Å²) in [4.78, 5) is 13.8. The molecule has 0 radical (unpaired) electrons. The molecule has 0 aliphatic heterocycles. The molecule has 1 aromatic heterocycles. The molecule has 4 aromatic rings.